The summed E-state index contributed by atoms with van der Waals surface area (Å²) in [7, 11) is 0. The highest BCUT2D eigenvalue weighted by Gasteiger charge is 2.26. The molecular formula is C20H25Cl2N3O3. The number of carboxylic acid groups (broad SMARTS) is 1. The predicted octanol–water partition coefficient (Wildman–Crippen LogP) is 3.83. The maximum absolute atomic E-state index is 11.9. The fourth-order valence-electron chi connectivity index (χ4n) is 3.00. The normalized spacial score (nSPS) is 13.5. The number of hydrogen-bond acceptors (Lipinski definition) is 4. The van der Waals surface area contributed by atoms with Gasteiger partial charge in [-0.2, -0.15) is 0 Å². The molecule has 8 heteroatoms. The largest absolute Gasteiger partial charge is 0.480 e. The zero-order valence-corrected chi connectivity index (χ0v) is 17.7. The molecular weight excluding hydrogens is 401 g/mol. The number of Topliss-reactive ketones (excluding diaryl/α,β-unsaturated/α-hetero) is 1. The molecule has 28 heavy (non-hydrogen) atoms. The van der Waals surface area contributed by atoms with Crippen molar-refractivity contribution < 1.29 is 14.7 Å². The first kappa shape index (κ1) is 22.4. The number of rotatable bonds is 10. The Morgan fingerprint density at radius 2 is 1.96 bits per heavy atom. The molecule has 1 aromatic heterocycles. The molecule has 2 rings (SSSR count). The van der Waals surface area contributed by atoms with Crippen molar-refractivity contribution in [3.05, 3.63) is 52.0 Å². The van der Waals surface area contributed by atoms with Gasteiger partial charge in [0.15, 0.2) is 0 Å². The van der Waals surface area contributed by atoms with Gasteiger partial charge in [-0.25, -0.2) is 4.98 Å². The number of nitrogens with one attached hydrogen (secondary N) is 1. The van der Waals surface area contributed by atoms with E-state index in [0.29, 0.717) is 23.0 Å². The Morgan fingerprint density at radius 1 is 1.25 bits per heavy atom. The molecule has 0 spiro atoms. The summed E-state index contributed by atoms with van der Waals surface area (Å²) in [5.74, 6) is -0.811. The van der Waals surface area contributed by atoms with E-state index in [1.807, 2.05) is 18.4 Å². The van der Waals surface area contributed by atoms with E-state index >= 15 is 0 Å². The average molecular weight is 426 g/mol. The van der Waals surface area contributed by atoms with Gasteiger partial charge >= 0.3 is 5.97 Å². The summed E-state index contributed by atoms with van der Waals surface area (Å²) in [4.78, 5) is 27.9. The second-order valence-electron chi connectivity index (χ2n) is 7.30. The van der Waals surface area contributed by atoms with Gasteiger partial charge in [-0.05, 0) is 43.0 Å². The molecule has 2 atom stereocenters. The van der Waals surface area contributed by atoms with Crippen molar-refractivity contribution in [2.45, 2.75) is 52.2 Å². The number of nitrogens with zero attached hydrogens (tertiary/aromatic N) is 2. The molecule has 2 unspecified atom stereocenters. The molecule has 0 aliphatic carbocycles. The fraction of sp³-hybridized carbons (Fsp3) is 0.450. The van der Waals surface area contributed by atoms with Gasteiger partial charge in [-0.15, -0.1) is 0 Å². The van der Waals surface area contributed by atoms with E-state index in [1.165, 1.54) is 6.92 Å². The van der Waals surface area contributed by atoms with E-state index in [1.54, 1.807) is 30.7 Å². The third-order valence-corrected chi connectivity index (χ3v) is 5.06. The van der Waals surface area contributed by atoms with Crippen molar-refractivity contribution in [1.29, 1.82) is 0 Å². The topological polar surface area (TPSA) is 84.2 Å². The van der Waals surface area contributed by atoms with Crippen molar-refractivity contribution in [3.63, 3.8) is 0 Å². The van der Waals surface area contributed by atoms with E-state index in [2.05, 4.69) is 10.3 Å². The van der Waals surface area contributed by atoms with Gasteiger partial charge in [0.25, 0.3) is 0 Å². The Kier molecular flexibility index (Phi) is 8.04. The molecule has 0 saturated carbocycles. The molecule has 0 fully saturated rings. The van der Waals surface area contributed by atoms with Crippen LogP contribution in [0.15, 0.2) is 30.7 Å². The molecule has 1 heterocycles. The number of ketones is 1. The van der Waals surface area contributed by atoms with Crippen LogP contribution in [0.5, 0.6) is 0 Å². The number of carboxylic acids is 1. The lowest BCUT2D eigenvalue weighted by atomic mass is 9.99. The Bertz CT molecular complexity index is 836. The molecule has 0 aliphatic heterocycles. The summed E-state index contributed by atoms with van der Waals surface area (Å²) in [6.07, 6.45) is 4.02. The minimum absolute atomic E-state index is 0.0702. The van der Waals surface area contributed by atoms with Gasteiger partial charge in [-0.3, -0.25) is 14.9 Å². The van der Waals surface area contributed by atoms with Crippen molar-refractivity contribution in [2.75, 3.05) is 0 Å². The van der Waals surface area contributed by atoms with E-state index in [0.717, 1.165) is 11.3 Å². The van der Waals surface area contributed by atoms with Crippen LogP contribution >= 0.6 is 23.2 Å². The second kappa shape index (κ2) is 10.0. The van der Waals surface area contributed by atoms with Crippen LogP contribution in [0.2, 0.25) is 10.0 Å². The zero-order valence-electron chi connectivity index (χ0n) is 16.2. The number of halogens is 2. The van der Waals surface area contributed by atoms with Crippen LogP contribution in [0, 0.1) is 5.92 Å². The lowest BCUT2D eigenvalue weighted by Gasteiger charge is -2.23. The molecule has 0 aliphatic rings. The number of benzene rings is 1. The van der Waals surface area contributed by atoms with E-state index in [4.69, 9.17) is 23.2 Å². The monoisotopic (exact) mass is 425 g/mol. The minimum Gasteiger partial charge on any atom is -0.480 e. The SMILES string of the molecule is CC(=O)C(CC(C)C)NC(Cc1cncn1Cc1cc(Cl)ccc1Cl)C(=O)O. The summed E-state index contributed by atoms with van der Waals surface area (Å²) in [6, 6.07) is 3.80. The van der Waals surface area contributed by atoms with Crippen molar-refractivity contribution in [2.24, 2.45) is 5.92 Å². The van der Waals surface area contributed by atoms with E-state index in [-0.39, 0.29) is 18.1 Å². The average Bonchev–Trinajstić information content (AvgIpc) is 3.03. The Hall–Kier alpha value is -1.89. The van der Waals surface area contributed by atoms with Crippen molar-refractivity contribution in [3.8, 4) is 0 Å². The first-order valence-corrected chi connectivity index (χ1v) is 9.85. The summed E-state index contributed by atoms with van der Waals surface area (Å²) in [5, 5.41) is 13.8. The predicted molar refractivity (Wildman–Crippen MR) is 110 cm³/mol. The standard InChI is InChI=1S/C20H25Cl2N3O3/c1-12(2)6-18(13(3)26)24-19(20(27)28)8-16-9-23-11-25(16)10-14-7-15(21)4-5-17(14)22/h4-5,7,9,11-12,18-19,24H,6,8,10H2,1-3H3,(H,27,28). The number of aliphatic carboxylic acids is 1. The van der Waals surface area contributed by atoms with Gasteiger partial charge in [0.1, 0.15) is 11.8 Å². The van der Waals surface area contributed by atoms with Gasteiger partial charge in [0.05, 0.1) is 18.9 Å². The molecule has 0 bridgehead atoms. The molecule has 152 valence electrons. The number of hydrogen-bond donors (Lipinski definition) is 2. The smallest absolute Gasteiger partial charge is 0.321 e. The van der Waals surface area contributed by atoms with Gasteiger partial charge in [0, 0.05) is 28.4 Å². The summed E-state index contributed by atoms with van der Waals surface area (Å²) in [5.41, 5.74) is 1.54. The van der Waals surface area contributed by atoms with Crippen LogP contribution in [0.1, 0.15) is 38.4 Å². The molecule has 0 radical (unpaired) electrons. The molecule has 2 N–H and O–H groups in total. The van der Waals surface area contributed by atoms with Crippen molar-refractivity contribution >= 4 is 35.0 Å². The molecule has 0 saturated heterocycles. The molecule has 2 aromatic rings. The third kappa shape index (κ3) is 6.33. The van der Waals surface area contributed by atoms with E-state index < -0.39 is 18.1 Å². The Morgan fingerprint density at radius 3 is 2.57 bits per heavy atom. The molecule has 0 amide bonds. The maximum atomic E-state index is 11.9. The van der Waals surface area contributed by atoms with Crippen LogP contribution < -0.4 is 5.32 Å². The number of carbonyl (C=O) groups excluding carboxylic acids is 1. The lowest BCUT2D eigenvalue weighted by Crippen LogP contribution is -2.48. The van der Waals surface area contributed by atoms with Gasteiger partial charge in [-0.1, -0.05) is 37.0 Å². The Labute approximate surface area is 174 Å². The summed E-state index contributed by atoms with van der Waals surface area (Å²) >= 11 is 12.3. The van der Waals surface area contributed by atoms with Gasteiger partial charge < -0.3 is 9.67 Å². The highest BCUT2D eigenvalue weighted by Crippen LogP contribution is 2.22. The summed E-state index contributed by atoms with van der Waals surface area (Å²) < 4.78 is 1.83. The lowest BCUT2D eigenvalue weighted by molar-refractivity contribution is -0.139. The quantitative estimate of drug-likeness (QED) is 0.603. The van der Waals surface area contributed by atoms with Crippen LogP contribution in [0.3, 0.4) is 0 Å². The third-order valence-electron chi connectivity index (χ3n) is 4.46. The van der Waals surface area contributed by atoms with Crippen LogP contribution in [-0.2, 0) is 22.6 Å². The molecule has 6 nitrogen and oxygen atoms in total. The van der Waals surface area contributed by atoms with Crippen LogP contribution in [-0.4, -0.2) is 38.5 Å². The van der Waals surface area contributed by atoms with Gasteiger partial charge in [0.2, 0.25) is 0 Å². The fourth-order valence-corrected chi connectivity index (χ4v) is 3.37. The van der Waals surface area contributed by atoms with Crippen molar-refractivity contribution in [1.82, 2.24) is 14.9 Å². The van der Waals surface area contributed by atoms with Crippen LogP contribution in [0.4, 0.5) is 0 Å². The second-order valence-corrected chi connectivity index (χ2v) is 8.15. The zero-order chi connectivity index (χ0) is 20.8. The number of carbonyl (C=O) groups is 2. The highest BCUT2D eigenvalue weighted by atomic mass is 35.5. The number of imidazole rings is 1. The first-order chi connectivity index (χ1) is 13.2. The highest BCUT2D eigenvalue weighted by molar-refractivity contribution is 6.33. The summed E-state index contributed by atoms with van der Waals surface area (Å²) in [6.45, 7) is 5.89. The van der Waals surface area contributed by atoms with Crippen LogP contribution in [0.25, 0.3) is 0 Å². The molecule has 1 aromatic carbocycles. The number of aromatic nitrogens is 2. The Balaban J connectivity index is 2.18. The minimum atomic E-state index is -1.01. The first-order valence-electron chi connectivity index (χ1n) is 9.09. The maximum Gasteiger partial charge on any atom is 0.321 e. The van der Waals surface area contributed by atoms with E-state index in [9.17, 15) is 14.7 Å².